The number of nitrogens with zero attached hydrogens (tertiary/aromatic N) is 1. The summed E-state index contributed by atoms with van der Waals surface area (Å²) in [6.45, 7) is 8.10. The topological polar surface area (TPSA) is 46.3 Å². The van der Waals surface area contributed by atoms with Crippen LogP contribution in [0.15, 0.2) is 0 Å². The molecule has 2 N–H and O–H groups in total. The summed E-state index contributed by atoms with van der Waals surface area (Å²) < 4.78 is 0. The summed E-state index contributed by atoms with van der Waals surface area (Å²) >= 11 is 0. The lowest BCUT2D eigenvalue weighted by molar-refractivity contribution is -0.140. The van der Waals surface area contributed by atoms with Gasteiger partial charge >= 0.3 is 0 Å². The maximum atomic E-state index is 12.7. The van der Waals surface area contributed by atoms with Crippen molar-refractivity contribution in [1.29, 1.82) is 0 Å². The Morgan fingerprint density at radius 3 is 2.63 bits per heavy atom. The van der Waals surface area contributed by atoms with Crippen molar-refractivity contribution in [1.82, 2.24) is 4.90 Å². The van der Waals surface area contributed by atoms with E-state index in [1.54, 1.807) is 0 Å². The van der Waals surface area contributed by atoms with E-state index in [2.05, 4.69) is 25.7 Å². The van der Waals surface area contributed by atoms with Gasteiger partial charge in [-0.3, -0.25) is 4.79 Å². The van der Waals surface area contributed by atoms with Gasteiger partial charge < -0.3 is 10.6 Å². The highest BCUT2D eigenvalue weighted by atomic mass is 16.2. The zero-order valence-electron chi connectivity index (χ0n) is 13.0. The van der Waals surface area contributed by atoms with Gasteiger partial charge in [0.15, 0.2) is 0 Å². The lowest BCUT2D eigenvalue weighted by Gasteiger charge is -2.40. The second kappa shape index (κ2) is 8.57. The van der Waals surface area contributed by atoms with E-state index < -0.39 is 0 Å². The summed E-state index contributed by atoms with van der Waals surface area (Å²) in [5.41, 5.74) is 5.90. The van der Waals surface area contributed by atoms with Crippen molar-refractivity contribution in [2.24, 2.45) is 17.6 Å². The number of hydrogen-bond acceptors (Lipinski definition) is 2. The van der Waals surface area contributed by atoms with Crippen molar-refractivity contribution >= 4 is 5.91 Å². The third-order valence-electron chi connectivity index (χ3n) is 4.71. The van der Waals surface area contributed by atoms with Crippen LogP contribution in [0.1, 0.15) is 65.7 Å². The van der Waals surface area contributed by atoms with Gasteiger partial charge in [0.2, 0.25) is 5.91 Å². The van der Waals surface area contributed by atoms with Gasteiger partial charge in [-0.25, -0.2) is 0 Å². The van der Waals surface area contributed by atoms with Crippen LogP contribution in [0.3, 0.4) is 0 Å². The van der Waals surface area contributed by atoms with E-state index in [0.29, 0.717) is 12.5 Å². The Morgan fingerprint density at radius 1 is 1.37 bits per heavy atom. The largest absolute Gasteiger partial charge is 0.338 e. The number of nitrogens with two attached hydrogens (primary N) is 1. The van der Waals surface area contributed by atoms with E-state index in [0.717, 1.165) is 44.6 Å². The van der Waals surface area contributed by atoms with Crippen molar-refractivity contribution in [2.75, 3.05) is 13.1 Å². The van der Waals surface area contributed by atoms with Crippen LogP contribution >= 0.6 is 0 Å². The first kappa shape index (κ1) is 16.5. The Kier molecular flexibility index (Phi) is 7.44. The van der Waals surface area contributed by atoms with Gasteiger partial charge in [0, 0.05) is 25.0 Å². The number of unbranched alkanes of at least 4 members (excludes halogenated alkanes) is 1. The summed E-state index contributed by atoms with van der Waals surface area (Å²) in [6.07, 6.45) is 7.79. The number of hydrogen-bond donors (Lipinski definition) is 1. The molecule has 0 bridgehead atoms. The van der Waals surface area contributed by atoms with Gasteiger partial charge in [-0.2, -0.15) is 0 Å². The molecular weight excluding hydrogens is 236 g/mol. The molecule has 3 atom stereocenters. The lowest BCUT2D eigenvalue weighted by Crippen LogP contribution is -2.51. The van der Waals surface area contributed by atoms with Crippen LogP contribution in [-0.2, 0) is 4.79 Å². The third-order valence-corrected chi connectivity index (χ3v) is 4.71. The zero-order chi connectivity index (χ0) is 14.3. The van der Waals surface area contributed by atoms with Crippen LogP contribution < -0.4 is 5.73 Å². The predicted octanol–water partition coefficient (Wildman–Crippen LogP) is 3.18. The van der Waals surface area contributed by atoms with E-state index in [4.69, 9.17) is 5.73 Å². The second-order valence-corrected chi connectivity index (χ2v) is 5.97. The van der Waals surface area contributed by atoms with Crippen molar-refractivity contribution in [3.05, 3.63) is 0 Å². The summed E-state index contributed by atoms with van der Waals surface area (Å²) in [6, 6.07) is 0.280. The Hall–Kier alpha value is -0.570. The highest BCUT2D eigenvalue weighted by molar-refractivity contribution is 5.79. The van der Waals surface area contributed by atoms with Crippen LogP contribution in [-0.4, -0.2) is 29.9 Å². The van der Waals surface area contributed by atoms with Crippen molar-refractivity contribution < 1.29 is 4.79 Å². The first-order valence-electron chi connectivity index (χ1n) is 8.18. The van der Waals surface area contributed by atoms with Crippen LogP contribution in [0.5, 0.6) is 0 Å². The molecule has 0 aromatic heterocycles. The van der Waals surface area contributed by atoms with Crippen molar-refractivity contribution in [2.45, 2.75) is 71.8 Å². The fourth-order valence-corrected chi connectivity index (χ4v) is 3.21. The maximum Gasteiger partial charge on any atom is 0.225 e. The zero-order valence-corrected chi connectivity index (χ0v) is 13.0. The molecule has 0 radical (unpaired) electrons. The highest BCUT2D eigenvalue weighted by Crippen LogP contribution is 2.27. The molecule has 0 aromatic rings. The average molecular weight is 268 g/mol. The Morgan fingerprint density at radius 2 is 2.11 bits per heavy atom. The van der Waals surface area contributed by atoms with Gasteiger partial charge in [0.25, 0.3) is 0 Å². The predicted molar refractivity (Wildman–Crippen MR) is 80.9 cm³/mol. The molecule has 1 aliphatic heterocycles. The van der Waals surface area contributed by atoms with Crippen LogP contribution in [0, 0.1) is 11.8 Å². The Bertz CT molecular complexity index is 267. The van der Waals surface area contributed by atoms with Crippen LogP contribution in [0.4, 0.5) is 0 Å². The molecule has 1 amide bonds. The summed E-state index contributed by atoms with van der Waals surface area (Å²) in [5, 5.41) is 0. The number of piperidine rings is 1. The molecular formula is C16H32N2O. The Balaban J connectivity index is 2.62. The van der Waals surface area contributed by atoms with Gasteiger partial charge in [-0.1, -0.05) is 40.0 Å². The van der Waals surface area contributed by atoms with Gasteiger partial charge in [-0.05, 0) is 31.6 Å². The lowest BCUT2D eigenvalue weighted by atomic mass is 9.87. The summed E-state index contributed by atoms with van der Waals surface area (Å²) in [5.74, 6) is 1.33. The summed E-state index contributed by atoms with van der Waals surface area (Å²) in [4.78, 5) is 14.8. The molecule has 0 aromatic carbocycles. The standard InChI is InChI=1S/C16H32N2O/c1-4-7-8-14(6-3)16(19)18-10-9-13(5-2)11-15(18)12-17/h13-15H,4-12,17H2,1-3H3. The molecule has 3 unspecified atom stereocenters. The molecule has 1 saturated heterocycles. The van der Waals surface area contributed by atoms with Crippen molar-refractivity contribution in [3.63, 3.8) is 0 Å². The van der Waals surface area contributed by atoms with Gasteiger partial charge in [0.05, 0.1) is 0 Å². The minimum absolute atomic E-state index is 0.215. The minimum atomic E-state index is 0.215. The second-order valence-electron chi connectivity index (χ2n) is 5.97. The van der Waals surface area contributed by atoms with E-state index >= 15 is 0 Å². The van der Waals surface area contributed by atoms with Crippen LogP contribution in [0.25, 0.3) is 0 Å². The van der Waals surface area contributed by atoms with E-state index in [1.165, 1.54) is 12.8 Å². The maximum absolute atomic E-state index is 12.7. The fourth-order valence-electron chi connectivity index (χ4n) is 3.21. The molecule has 0 spiro atoms. The number of carbonyl (C=O) groups is 1. The number of carbonyl (C=O) groups excluding carboxylic acids is 1. The SMILES string of the molecule is CCCCC(CC)C(=O)N1CCC(CC)CC1CN. The van der Waals surface area contributed by atoms with Crippen molar-refractivity contribution in [3.8, 4) is 0 Å². The molecule has 1 fully saturated rings. The molecule has 3 nitrogen and oxygen atoms in total. The first-order valence-corrected chi connectivity index (χ1v) is 8.18. The van der Waals surface area contributed by atoms with Crippen LogP contribution in [0.2, 0.25) is 0 Å². The Labute approximate surface area is 118 Å². The number of amides is 1. The molecule has 1 rings (SSSR count). The first-order chi connectivity index (χ1) is 9.17. The molecule has 1 heterocycles. The van der Waals surface area contributed by atoms with E-state index in [9.17, 15) is 4.79 Å². The smallest absolute Gasteiger partial charge is 0.225 e. The van der Waals surface area contributed by atoms with Gasteiger partial charge in [-0.15, -0.1) is 0 Å². The molecule has 3 heteroatoms. The fraction of sp³-hybridized carbons (Fsp3) is 0.938. The van der Waals surface area contributed by atoms with E-state index in [1.807, 2.05) is 0 Å². The van der Waals surface area contributed by atoms with Gasteiger partial charge in [0.1, 0.15) is 0 Å². The molecule has 112 valence electrons. The third kappa shape index (κ3) is 4.48. The molecule has 0 saturated carbocycles. The summed E-state index contributed by atoms with van der Waals surface area (Å²) in [7, 11) is 0. The monoisotopic (exact) mass is 268 g/mol. The normalized spacial score (nSPS) is 25.4. The molecule has 0 aliphatic carbocycles. The van der Waals surface area contributed by atoms with E-state index in [-0.39, 0.29) is 12.0 Å². The molecule has 1 aliphatic rings. The average Bonchev–Trinajstić information content (AvgIpc) is 2.46. The number of rotatable bonds is 7. The quantitative estimate of drug-likeness (QED) is 0.771. The minimum Gasteiger partial charge on any atom is -0.338 e. The number of likely N-dealkylation sites (tertiary alicyclic amines) is 1. The molecule has 19 heavy (non-hydrogen) atoms. The highest BCUT2D eigenvalue weighted by Gasteiger charge is 2.32.